The van der Waals surface area contributed by atoms with Crippen molar-refractivity contribution >= 4 is 35.2 Å². The summed E-state index contributed by atoms with van der Waals surface area (Å²) in [5.74, 6) is 0.748. The number of hydrogen-bond donors (Lipinski definition) is 2. The summed E-state index contributed by atoms with van der Waals surface area (Å²) >= 11 is 1.72. The zero-order chi connectivity index (χ0) is 36.4. The van der Waals surface area contributed by atoms with Gasteiger partial charge in [0.05, 0.1) is 4.75 Å². The van der Waals surface area contributed by atoms with Crippen LogP contribution in [0.2, 0.25) is 0 Å². The summed E-state index contributed by atoms with van der Waals surface area (Å²) < 4.78 is -0.0145. The molecule has 2 aliphatic rings. The van der Waals surface area contributed by atoms with Crippen molar-refractivity contribution in [1.82, 2.24) is 15.5 Å². The van der Waals surface area contributed by atoms with Crippen molar-refractivity contribution in [2.75, 3.05) is 40.0 Å². The molecule has 0 spiro atoms. The molecule has 1 amide bonds. The van der Waals surface area contributed by atoms with Crippen molar-refractivity contribution in [1.29, 1.82) is 0 Å². The van der Waals surface area contributed by atoms with Gasteiger partial charge in [0, 0.05) is 19.1 Å². The number of carbonyl (C=O) groups excluding carboxylic acids is 2. The number of piperidine rings is 1. The third kappa shape index (κ3) is 16.6. The molecule has 1 aliphatic heterocycles. The first-order valence-corrected chi connectivity index (χ1v) is 19.3. The predicted molar refractivity (Wildman–Crippen MR) is 215 cm³/mol. The fourth-order valence-corrected chi connectivity index (χ4v) is 6.99. The highest BCUT2D eigenvalue weighted by atomic mass is 32.2. The molecule has 1 saturated heterocycles. The predicted octanol–water partition coefficient (Wildman–Crippen LogP) is 9.67. The lowest BCUT2D eigenvalue weighted by molar-refractivity contribution is -0.121. The topological polar surface area (TPSA) is 61.4 Å². The maximum atomic E-state index is 10.9. The molecular weight excluding hydrogens is 611 g/mol. The molecule has 1 saturated carbocycles. The molecule has 0 radical (unpaired) electrons. The molecular formula is C42H69N3O2S. The number of hydrogen-bond acceptors (Lipinski definition) is 5. The van der Waals surface area contributed by atoms with Crippen LogP contribution in [0.15, 0.2) is 79.4 Å². The molecule has 270 valence electrons. The zero-order valence-electron chi connectivity index (χ0n) is 31.9. The van der Waals surface area contributed by atoms with Gasteiger partial charge in [0.2, 0.25) is 6.41 Å². The number of allylic oxidation sites excluding steroid dienone is 4. The van der Waals surface area contributed by atoms with Crippen LogP contribution in [0.1, 0.15) is 92.1 Å². The number of fused-ring (bicyclic) bond motifs is 1. The number of carbonyl (C=O) groups is 2. The number of aldehydes is 1. The van der Waals surface area contributed by atoms with Gasteiger partial charge in [-0.05, 0) is 118 Å². The van der Waals surface area contributed by atoms with Gasteiger partial charge < -0.3 is 20.3 Å². The van der Waals surface area contributed by atoms with Crippen LogP contribution in [0.5, 0.6) is 0 Å². The molecule has 1 heterocycles. The van der Waals surface area contributed by atoms with E-state index in [0.29, 0.717) is 6.04 Å². The Morgan fingerprint density at radius 1 is 1.08 bits per heavy atom. The molecule has 2 aromatic rings. The van der Waals surface area contributed by atoms with E-state index in [1.807, 2.05) is 51.3 Å². The summed E-state index contributed by atoms with van der Waals surface area (Å²) in [6.07, 6.45) is 18.7. The summed E-state index contributed by atoms with van der Waals surface area (Å²) in [5, 5.41) is 8.84. The lowest BCUT2D eigenvalue weighted by Gasteiger charge is -2.41. The number of likely N-dealkylation sites (N-methyl/N-ethyl adjacent to an activating group) is 1. The first kappa shape index (κ1) is 45.3. The third-order valence-corrected chi connectivity index (χ3v) is 10.6. The number of likely N-dealkylation sites (tertiary alicyclic amines) is 1. The summed E-state index contributed by atoms with van der Waals surface area (Å²) in [6, 6.07) is 15.7. The number of rotatable bonds is 12. The Morgan fingerprint density at radius 2 is 1.75 bits per heavy atom. The van der Waals surface area contributed by atoms with E-state index in [0.717, 1.165) is 76.8 Å². The standard InChI is InChI=1S/C15H23NO.C14H17N.C8H14OS.C3H9N.C2H6/c1-4-8-14(5-2)11-15(6-3)9-7-10-16(12-15)13-17;1-11(15-2)9-12-7-8-13-5-3-4-6-14(13)10-12;1-7-3-4-8(5-7,6-9)10-2;1-3-4-2;1-2/h4-5,8,13H,1-2,6-7,9-12H2,3H3;3-8,10-11,15H,9H2,1-2H3;6-7H,3-5H2,1-2H3;4H,3H2,1-2H3;1-2H3/b14-8+;;;;/t15-;;;;/m1..../s1. The molecule has 3 unspecified atom stereocenters. The number of nitrogens with zero attached hydrogens (tertiary/aromatic N) is 1. The molecule has 2 aromatic carbocycles. The van der Waals surface area contributed by atoms with Crippen LogP contribution in [0, 0.1) is 11.3 Å². The molecule has 48 heavy (non-hydrogen) atoms. The van der Waals surface area contributed by atoms with Crippen molar-refractivity contribution in [2.45, 2.75) is 104 Å². The van der Waals surface area contributed by atoms with Crippen molar-refractivity contribution in [3.05, 3.63) is 85.0 Å². The van der Waals surface area contributed by atoms with Crippen molar-refractivity contribution in [2.24, 2.45) is 11.3 Å². The quantitative estimate of drug-likeness (QED) is 0.173. The molecule has 6 heteroatoms. The molecule has 0 aromatic heterocycles. The summed E-state index contributed by atoms with van der Waals surface area (Å²) in [5.41, 5.74) is 2.84. The van der Waals surface area contributed by atoms with Crippen LogP contribution in [0.4, 0.5) is 0 Å². The van der Waals surface area contributed by atoms with Crippen LogP contribution in [-0.2, 0) is 16.0 Å². The highest BCUT2D eigenvalue weighted by molar-refractivity contribution is 8.00. The smallest absolute Gasteiger partial charge is 0.209 e. The summed E-state index contributed by atoms with van der Waals surface area (Å²) in [6.45, 7) is 23.1. The Labute approximate surface area is 299 Å². The minimum absolute atomic E-state index is 0.0145. The van der Waals surface area contributed by atoms with Crippen molar-refractivity contribution < 1.29 is 9.59 Å². The first-order valence-electron chi connectivity index (χ1n) is 18.1. The van der Waals surface area contributed by atoms with Gasteiger partial charge in [0.1, 0.15) is 6.29 Å². The minimum atomic E-state index is -0.0145. The molecule has 4 atom stereocenters. The average molecular weight is 680 g/mol. The number of amides is 1. The molecule has 4 rings (SSSR count). The minimum Gasteiger partial charge on any atom is -0.345 e. The van der Waals surface area contributed by atoms with E-state index in [-0.39, 0.29) is 10.2 Å². The molecule has 2 fully saturated rings. The highest BCUT2D eigenvalue weighted by Crippen LogP contribution is 2.41. The first-order chi connectivity index (χ1) is 23.1. The SMILES string of the molecule is C=C/C=C(\C=C)C[C@@]1(CC)CCCN(C=O)C1.CC.CCNC.CNC(C)Cc1ccc2ccccc2c1.CSC1(C=O)CCC(C)C1. The van der Waals surface area contributed by atoms with E-state index >= 15 is 0 Å². The molecule has 0 bridgehead atoms. The van der Waals surface area contributed by atoms with Gasteiger partial charge in [-0.3, -0.25) is 4.79 Å². The van der Waals surface area contributed by atoms with Gasteiger partial charge in [-0.15, -0.1) is 0 Å². The van der Waals surface area contributed by atoms with E-state index in [4.69, 9.17) is 0 Å². The second-order valence-corrected chi connectivity index (χ2v) is 14.1. The van der Waals surface area contributed by atoms with Crippen molar-refractivity contribution in [3.63, 3.8) is 0 Å². The van der Waals surface area contributed by atoms with Gasteiger partial charge >= 0.3 is 0 Å². The Hall–Kier alpha value is -2.67. The second-order valence-electron chi connectivity index (χ2n) is 12.9. The Kier molecular flexibility index (Phi) is 24.8. The van der Waals surface area contributed by atoms with E-state index in [1.165, 1.54) is 34.8 Å². The highest BCUT2D eigenvalue weighted by Gasteiger charge is 2.36. The van der Waals surface area contributed by atoms with Crippen LogP contribution < -0.4 is 10.6 Å². The molecule has 1 aliphatic carbocycles. The summed E-state index contributed by atoms with van der Waals surface area (Å²) in [4.78, 5) is 23.5. The van der Waals surface area contributed by atoms with Gasteiger partial charge in [-0.1, -0.05) is 108 Å². The fourth-order valence-electron chi connectivity index (χ4n) is 6.12. The largest absolute Gasteiger partial charge is 0.345 e. The zero-order valence-corrected chi connectivity index (χ0v) is 32.8. The number of thioether (sulfide) groups is 1. The Bertz CT molecular complexity index is 1210. The van der Waals surface area contributed by atoms with Gasteiger partial charge in [-0.25, -0.2) is 0 Å². The second kappa shape index (κ2) is 26.2. The Balaban J connectivity index is 0.000000652. The fraction of sp³-hybridized carbons (Fsp3) is 0.571. The van der Waals surface area contributed by atoms with Crippen LogP contribution in [-0.4, -0.2) is 68.4 Å². The average Bonchev–Trinajstić information content (AvgIpc) is 3.53. The lowest BCUT2D eigenvalue weighted by atomic mass is 9.73. The van der Waals surface area contributed by atoms with Gasteiger partial charge in [-0.2, -0.15) is 11.8 Å². The van der Waals surface area contributed by atoms with E-state index in [9.17, 15) is 9.59 Å². The number of nitrogens with one attached hydrogen (secondary N) is 2. The van der Waals surface area contributed by atoms with E-state index in [1.54, 1.807) is 17.8 Å². The summed E-state index contributed by atoms with van der Waals surface area (Å²) in [7, 11) is 3.94. The molecule has 5 nitrogen and oxygen atoms in total. The van der Waals surface area contributed by atoms with Crippen LogP contribution in [0.3, 0.4) is 0 Å². The van der Waals surface area contributed by atoms with E-state index in [2.05, 4.69) is 94.0 Å². The lowest BCUT2D eigenvalue weighted by Crippen LogP contribution is -2.42. The number of benzene rings is 2. The van der Waals surface area contributed by atoms with Crippen LogP contribution >= 0.6 is 11.8 Å². The monoisotopic (exact) mass is 680 g/mol. The third-order valence-electron chi connectivity index (χ3n) is 9.34. The normalized spacial score (nSPS) is 22.1. The maximum absolute atomic E-state index is 10.9. The van der Waals surface area contributed by atoms with Gasteiger partial charge in [0.25, 0.3) is 0 Å². The van der Waals surface area contributed by atoms with Crippen LogP contribution in [0.25, 0.3) is 10.8 Å². The maximum Gasteiger partial charge on any atom is 0.209 e. The van der Waals surface area contributed by atoms with E-state index < -0.39 is 0 Å². The molecule has 2 N–H and O–H groups in total. The van der Waals surface area contributed by atoms with Gasteiger partial charge in [0.15, 0.2) is 0 Å². The van der Waals surface area contributed by atoms with Crippen molar-refractivity contribution in [3.8, 4) is 0 Å². The Morgan fingerprint density at radius 3 is 2.21 bits per heavy atom.